The minimum Gasteiger partial charge on any atom is -0.481 e. The SMILES string of the molecule is Sc1ccccc1OCBr. The average Bonchev–Trinajstić information content (AvgIpc) is 1.94. The summed E-state index contributed by atoms with van der Waals surface area (Å²) in [7, 11) is 0. The highest BCUT2D eigenvalue weighted by molar-refractivity contribution is 9.09. The summed E-state index contributed by atoms with van der Waals surface area (Å²) in [6.45, 7) is 0. The molecule has 0 amide bonds. The van der Waals surface area contributed by atoms with Gasteiger partial charge in [0.05, 0.1) is 0 Å². The van der Waals surface area contributed by atoms with Crippen LogP contribution in [0.4, 0.5) is 0 Å². The third-order valence-corrected chi connectivity index (χ3v) is 1.67. The maximum Gasteiger partial charge on any atom is 0.143 e. The second-order valence-corrected chi connectivity index (χ2v) is 2.66. The molecule has 0 aromatic heterocycles. The molecule has 0 aliphatic heterocycles. The summed E-state index contributed by atoms with van der Waals surface area (Å²) in [6.07, 6.45) is 0. The molecule has 0 aliphatic carbocycles. The van der Waals surface area contributed by atoms with Crippen LogP contribution in [0.5, 0.6) is 5.75 Å². The summed E-state index contributed by atoms with van der Waals surface area (Å²) in [5.74, 6) is 0.808. The average molecular weight is 219 g/mol. The standard InChI is InChI=1S/C7H7BrOS/c8-5-9-6-3-1-2-4-7(6)10/h1-4,10H,5H2. The van der Waals surface area contributed by atoms with Gasteiger partial charge in [0.15, 0.2) is 0 Å². The van der Waals surface area contributed by atoms with E-state index in [9.17, 15) is 0 Å². The molecule has 0 bridgehead atoms. The first kappa shape index (κ1) is 7.95. The molecule has 0 saturated heterocycles. The molecule has 10 heavy (non-hydrogen) atoms. The molecule has 1 aromatic carbocycles. The van der Waals surface area contributed by atoms with Crippen LogP contribution in [0.1, 0.15) is 0 Å². The second-order valence-electron chi connectivity index (χ2n) is 1.72. The van der Waals surface area contributed by atoms with Gasteiger partial charge in [-0.3, -0.25) is 0 Å². The van der Waals surface area contributed by atoms with Crippen LogP contribution < -0.4 is 4.74 Å². The van der Waals surface area contributed by atoms with E-state index in [2.05, 4.69) is 28.6 Å². The summed E-state index contributed by atoms with van der Waals surface area (Å²) in [5.41, 5.74) is 0.505. The first-order chi connectivity index (χ1) is 4.84. The lowest BCUT2D eigenvalue weighted by atomic mass is 10.3. The lowest BCUT2D eigenvalue weighted by molar-refractivity contribution is 0.388. The van der Waals surface area contributed by atoms with E-state index >= 15 is 0 Å². The van der Waals surface area contributed by atoms with Crippen LogP contribution in [0.25, 0.3) is 0 Å². The van der Waals surface area contributed by atoms with Crippen LogP contribution >= 0.6 is 28.6 Å². The Hall–Kier alpha value is -0.150. The number of halogens is 1. The number of rotatable bonds is 2. The first-order valence-corrected chi connectivity index (χ1v) is 4.38. The molecule has 3 heteroatoms. The van der Waals surface area contributed by atoms with E-state index in [4.69, 9.17) is 4.74 Å². The Morgan fingerprint density at radius 1 is 1.40 bits per heavy atom. The van der Waals surface area contributed by atoms with Gasteiger partial charge in [-0.05, 0) is 28.1 Å². The largest absolute Gasteiger partial charge is 0.481 e. The second kappa shape index (κ2) is 3.88. The summed E-state index contributed by atoms with van der Waals surface area (Å²) in [4.78, 5) is 0.863. The number of alkyl halides is 1. The van der Waals surface area contributed by atoms with Crippen LogP contribution in [0.15, 0.2) is 29.2 Å². The highest BCUT2D eigenvalue weighted by Gasteiger charge is 1.94. The maximum absolute atomic E-state index is 5.18. The molecule has 1 nitrogen and oxygen atoms in total. The Kier molecular flexibility index (Phi) is 3.09. The molecular weight excluding hydrogens is 212 g/mol. The van der Waals surface area contributed by atoms with Crippen LogP contribution in [0.3, 0.4) is 0 Å². The van der Waals surface area contributed by atoms with E-state index < -0.39 is 0 Å². The molecule has 0 fully saturated rings. The lowest BCUT2D eigenvalue weighted by Crippen LogP contribution is -1.88. The van der Waals surface area contributed by atoms with E-state index in [1.54, 1.807) is 0 Å². The Morgan fingerprint density at radius 2 is 2.10 bits per heavy atom. The van der Waals surface area contributed by atoms with Crippen molar-refractivity contribution in [2.75, 3.05) is 5.52 Å². The van der Waals surface area contributed by atoms with Crippen LogP contribution in [0, 0.1) is 0 Å². The van der Waals surface area contributed by atoms with Crippen molar-refractivity contribution in [3.05, 3.63) is 24.3 Å². The fourth-order valence-corrected chi connectivity index (χ4v) is 1.11. The predicted molar refractivity (Wildman–Crippen MR) is 48.1 cm³/mol. The highest BCUT2D eigenvalue weighted by Crippen LogP contribution is 2.21. The molecule has 0 atom stereocenters. The number of benzene rings is 1. The lowest BCUT2D eigenvalue weighted by Gasteiger charge is -2.02. The number of thiol groups is 1. The summed E-state index contributed by atoms with van der Waals surface area (Å²) in [5, 5.41) is 0. The number of hydrogen-bond donors (Lipinski definition) is 1. The summed E-state index contributed by atoms with van der Waals surface area (Å²) >= 11 is 7.35. The van der Waals surface area contributed by atoms with E-state index in [0.717, 1.165) is 10.6 Å². The molecule has 0 spiro atoms. The maximum atomic E-state index is 5.18. The zero-order valence-electron chi connectivity index (χ0n) is 5.25. The highest BCUT2D eigenvalue weighted by atomic mass is 79.9. The molecule has 0 unspecified atom stereocenters. The van der Waals surface area contributed by atoms with Crippen molar-refractivity contribution in [3.63, 3.8) is 0 Å². The molecule has 0 aliphatic rings. The van der Waals surface area contributed by atoms with Gasteiger partial charge in [0.1, 0.15) is 11.3 Å². The molecular formula is C7H7BrOS. The van der Waals surface area contributed by atoms with Gasteiger partial charge >= 0.3 is 0 Å². The van der Waals surface area contributed by atoms with E-state index in [-0.39, 0.29) is 0 Å². The Morgan fingerprint density at radius 3 is 2.70 bits per heavy atom. The van der Waals surface area contributed by atoms with E-state index in [1.165, 1.54) is 0 Å². The van der Waals surface area contributed by atoms with Crippen LogP contribution in [-0.2, 0) is 0 Å². The van der Waals surface area contributed by atoms with Gasteiger partial charge < -0.3 is 4.74 Å². The molecule has 1 rings (SSSR count). The first-order valence-electron chi connectivity index (χ1n) is 2.81. The van der Waals surface area contributed by atoms with Gasteiger partial charge in [0, 0.05) is 4.90 Å². The number of para-hydroxylation sites is 1. The van der Waals surface area contributed by atoms with Crippen molar-refractivity contribution in [3.8, 4) is 5.75 Å². The third-order valence-electron chi connectivity index (χ3n) is 1.08. The minimum atomic E-state index is 0.505. The van der Waals surface area contributed by atoms with Crippen molar-refractivity contribution in [2.24, 2.45) is 0 Å². The predicted octanol–water partition coefficient (Wildman–Crippen LogP) is 2.71. The summed E-state index contributed by atoms with van der Waals surface area (Å²) in [6, 6.07) is 7.60. The van der Waals surface area contributed by atoms with Gasteiger partial charge in [-0.15, -0.1) is 12.6 Å². The number of hydrogen-bond acceptors (Lipinski definition) is 2. The quantitative estimate of drug-likeness (QED) is 0.594. The Labute approximate surface area is 73.9 Å². The van der Waals surface area contributed by atoms with E-state index in [0.29, 0.717) is 5.52 Å². The van der Waals surface area contributed by atoms with Gasteiger partial charge in [0.2, 0.25) is 0 Å². The molecule has 0 saturated carbocycles. The topological polar surface area (TPSA) is 9.23 Å². The smallest absolute Gasteiger partial charge is 0.143 e. The van der Waals surface area contributed by atoms with Gasteiger partial charge in [0.25, 0.3) is 0 Å². The molecule has 0 heterocycles. The van der Waals surface area contributed by atoms with E-state index in [1.807, 2.05) is 24.3 Å². The number of ether oxygens (including phenoxy) is 1. The van der Waals surface area contributed by atoms with Crippen LogP contribution in [-0.4, -0.2) is 5.52 Å². The van der Waals surface area contributed by atoms with Crippen molar-refractivity contribution < 1.29 is 4.74 Å². The van der Waals surface area contributed by atoms with Crippen molar-refractivity contribution in [1.82, 2.24) is 0 Å². The zero-order chi connectivity index (χ0) is 7.40. The Balaban J connectivity index is 2.81. The van der Waals surface area contributed by atoms with Crippen molar-refractivity contribution >= 4 is 28.6 Å². The molecule has 0 N–H and O–H groups in total. The molecule has 0 radical (unpaired) electrons. The van der Waals surface area contributed by atoms with Gasteiger partial charge in [-0.25, -0.2) is 0 Å². The molecule has 54 valence electrons. The zero-order valence-corrected chi connectivity index (χ0v) is 7.73. The fraction of sp³-hybridized carbons (Fsp3) is 0.143. The minimum absolute atomic E-state index is 0.505. The normalized spacial score (nSPS) is 9.40. The van der Waals surface area contributed by atoms with Crippen LogP contribution in [0.2, 0.25) is 0 Å². The van der Waals surface area contributed by atoms with Crippen molar-refractivity contribution in [2.45, 2.75) is 4.90 Å². The molecule has 1 aromatic rings. The van der Waals surface area contributed by atoms with Gasteiger partial charge in [-0.1, -0.05) is 12.1 Å². The monoisotopic (exact) mass is 218 g/mol. The van der Waals surface area contributed by atoms with Gasteiger partial charge in [-0.2, -0.15) is 0 Å². The summed E-state index contributed by atoms with van der Waals surface area (Å²) < 4.78 is 5.18. The van der Waals surface area contributed by atoms with Crippen molar-refractivity contribution in [1.29, 1.82) is 0 Å². The Bertz CT molecular complexity index is 215. The third kappa shape index (κ3) is 1.92. The fourth-order valence-electron chi connectivity index (χ4n) is 0.638.